The van der Waals surface area contributed by atoms with E-state index in [4.69, 9.17) is 15.0 Å². The van der Waals surface area contributed by atoms with Crippen molar-refractivity contribution < 1.29 is 24.3 Å². The van der Waals surface area contributed by atoms with E-state index in [1.54, 1.807) is 0 Å². The molecule has 0 aliphatic rings. The van der Waals surface area contributed by atoms with Gasteiger partial charge in [0.15, 0.2) is 6.04 Å². The Balaban J connectivity index is 0. The van der Waals surface area contributed by atoms with Gasteiger partial charge >= 0.3 is 5.97 Å². The molecule has 0 aromatic heterocycles. The minimum absolute atomic E-state index is 0.278. The average Bonchev–Trinajstić information content (AvgIpc) is 1.81. The van der Waals surface area contributed by atoms with Gasteiger partial charge in [0.1, 0.15) is 0 Å². The van der Waals surface area contributed by atoms with Crippen LogP contribution >= 0.6 is 0 Å². The van der Waals surface area contributed by atoms with E-state index in [0.717, 1.165) is 6.92 Å². The number of hydrogen-bond acceptors (Lipinski definition) is 2. The molecule has 5 nitrogen and oxygen atoms in total. The second-order valence-electron chi connectivity index (χ2n) is 3.90. The number of carboxylic acid groups (broad SMARTS) is 2. The molecule has 0 aliphatic carbocycles. The zero-order chi connectivity index (χ0) is 11.9. The summed E-state index contributed by atoms with van der Waals surface area (Å²) in [6, 6.07) is -0.278. The first kappa shape index (κ1) is 15.4. The van der Waals surface area contributed by atoms with Crippen LogP contribution in [-0.2, 0) is 9.59 Å². The second kappa shape index (κ2) is 6.37. The van der Waals surface area contributed by atoms with Crippen LogP contribution in [0.4, 0.5) is 0 Å². The summed E-state index contributed by atoms with van der Waals surface area (Å²) >= 11 is 0. The third-order valence-corrected chi connectivity index (χ3v) is 1.61. The normalized spacial score (nSPS) is 12.4. The Kier molecular flexibility index (Phi) is 6.99. The largest absolute Gasteiger partial charge is 0.481 e. The molecule has 0 aromatic carbocycles. The molecule has 0 saturated heterocycles. The van der Waals surface area contributed by atoms with Crippen LogP contribution < -0.4 is 0 Å². The van der Waals surface area contributed by atoms with E-state index >= 15 is 0 Å². The number of likely N-dealkylation sites (N-methyl/N-ethyl adjacent to an activating group) is 1. The van der Waals surface area contributed by atoms with Crippen molar-refractivity contribution >= 4 is 11.9 Å². The molecule has 14 heavy (non-hydrogen) atoms. The smallest absolute Gasteiger partial charge is 0.362 e. The highest BCUT2D eigenvalue weighted by molar-refractivity contribution is 5.71. The fourth-order valence-corrected chi connectivity index (χ4v) is 1.05. The van der Waals surface area contributed by atoms with Crippen molar-refractivity contribution in [2.45, 2.75) is 26.3 Å². The Morgan fingerprint density at radius 3 is 1.50 bits per heavy atom. The average molecular weight is 206 g/mol. The van der Waals surface area contributed by atoms with E-state index in [9.17, 15) is 4.79 Å². The van der Waals surface area contributed by atoms with Gasteiger partial charge in [-0.05, 0) is 0 Å². The summed E-state index contributed by atoms with van der Waals surface area (Å²) in [6.07, 6.45) is 0.679. The second-order valence-corrected chi connectivity index (χ2v) is 3.90. The van der Waals surface area contributed by atoms with Gasteiger partial charge in [-0.15, -0.1) is 0 Å². The minimum Gasteiger partial charge on any atom is -0.481 e. The monoisotopic (exact) mass is 206 g/mol. The van der Waals surface area contributed by atoms with E-state index in [1.165, 1.54) is 0 Å². The summed E-state index contributed by atoms with van der Waals surface area (Å²) in [6.45, 7) is 2.97. The van der Waals surface area contributed by atoms with Crippen LogP contribution in [0.3, 0.4) is 0 Å². The fourth-order valence-electron chi connectivity index (χ4n) is 1.05. The lowest BCUT2D eigenvalue weighted by Crippen LogP contribution is -2.49. The molecule has 1 atom stereocenters. The van der Waals surface area contributed by atoms with Crippen molar-refractivity contribution in [3.8, 4) is 0 Å². The maximum Gasteiger partial charge on any atom is 0.362 e. The van der Waals surface area contributed by atoms with Gasteiger partial charge in [0, 0.05) is 13.3 Å². The number of quaternary nitrogens is 1. The van der Waals surface area contributed by atoms with Crippen molar-refractivity contribution in [1.82, 2.24) is 0 Å². The van der Waals surface area contributed by atoms with Crippen LogP contribution in [-0.4, -0.2) is 53.8 Å². The van der Waals surface area contributed by atoms with Gasteiger partial charge in [0.05, 0.1) is 21.1 Å². The van der Waals surface area contributed by atoms with E-state index in [-0.39, 0.29) is 6.04 Å². The van der Waals surface area contributed by atoms with E-state index in [0.29, 0.717) is 10.9 Å². The lowest BCUT2D eigenvalue weighted by molar-refractivity contribution is -0.887. The first-order valence-electron chi connectivity index (χ1n) is 4.36. The molecular weight excluding hydrogens is 186 g/mol. The number of carbonyl (C=O) groups is 2. The Morgan fingerprint density at radius 2 is 1.50 bits per heavy atom. The first-order valence-corrected chi connectivity index (χ1v) is 4.36. The molecule has 1 unspecified atom stereocenters. The van der Waals surface area contributed by atoms with E-state index in [2.05, 4.69) is 0 Å². The summed E-state index contributed by atoms with van der Waals surface area (Å²) in [5.41, 5.74) is 0. The van der Waals surface area contributed by atoms with Crippen LogP contribution in [0.2, 0.25) is 0 Å². The maximum atomic E-state index is 10.6. The molecular formula is C9H20NO4+. The van der Waals surface area contributed by atoms with Gasteiger partial charge in [0.2, 0.25) is 0 Å². The van der Waals surface area contributed by atoms with Gasteiger partial charge in [0.25, 0.3) is 5.97 Å². The molecule has 0 rings (SSSR count). The van der Waals surface area contributed by atoms with Crippen LogP contribution in [0.1, 0.15) is 20.3 Å². The highest BCUT2D eigenvalue weighted by Gasteiger charge is 2.28. The number of carboxylic acids is 2. The van der Waals surface area contributed by atoms with E-state index in [1.807, 2.05) is 28.1 Å². The number of nitrogens with zero attached hydrogens (tertiary/aromatic N) is 1. The molecule has 0 radical (unpaired) electrons. The number of rotatable bonds is 3. The van der Waals surface area contributed by atoms with Crippen molar-refractivity contribution in [2.75, 3.05) is 21.1 Å². The molecule has 0 spiro atoms. The third kappa shape index (κ3) is 8.99. The quantitative estimate of drug-likeness (QED) is 0.665. The fraction of sp³-hybridized carbons (Fsp3) is 0.778. The Bertz CT molecular complexity index is 191. The molecule has 0 aromatic rings. The zero-order valence-electron chi connectivity index (χ0n) is 9.44. The van der Waals surface area contributed by atoms with Crippen LogP contribution in [0.15, 0.2) is 0 Å². The first-order chi connectivity index (χ1) is 6.12. The highest BCUT2D eigenvalue weighted by atomic mass is 16.4. The molecule has 0 heterocycles. The molecule has 5 heteroatoms. The van der Waals surface area contributed by atoms with Crippen molar-refractivity contribution in [1.29, 1.82) is 0 Å². The highest BCUT2D eigenvalue weighted by Crippen LogP contribution is 2.06. The third-order valence-electron chi connectivity index (χ3n) is 1.61. The molecule has 0 saturated carbocycles. The van der Waals surface area contributed by atoms with Gasteiger partial charge in [-0.2, -0.15) is 0 Å². The lowest BCUT2D eigenvalue weighted by atomic mass is 10.2. The Hall–Kier alpha value is -1.10. The van der Waals surface area contributed by atoms with Gasteiger partial charge < -0.3 is 14.7 Å². The van der Waals surface area contributed by atoms with Gasteiger partial charge in [-0.25, -0.2) is 4.79 Å². The molecule has 0 fully saturated rings. The van der Waals surface area contributed by atoms with Gasteiger partial charge in [-0.1, -0.05) is 6.92 Å². The topological polar surface area (TPSA) is 74.6 Å². The Labute approximate surface area is 84.5 Å². The van der Waals surface area contributed by atoms with Crippen LogP contribution in [0.25, 0.3) is 0 Å². The molecule has 0 amide bonds. The minimum atomic E-state index is -0.833. The summed E-state index contributed by atoms with van der Waals surface area (Å²) < 4.78 is 0.492. The number of aliphatic carboxylic acids is 2. The standard InChI is InChI=1S/C7H15NO2.C2H4O2/c1-5-6(7(9)10)8(2,3)4;1-2(3)4/h6H,5H2,1-4H3;1H3,(H,3,4)/p+1. The van der Waals surface area contributed by atoms with Gasteiger partial charge in [-0.3, -0.25) is 4.79 Å². The van der Waals surface area contributed by atoms with Crippen LogP contribution in [0.5, 0.6) is 0 Å². The molecule has 2 N–H and O–H groups in total. The predicted molar refractivity (Wildman–Crippen MR) is 53.1 cm³/mol. The summed E-state index contributed by atoms with van der Waals surface area (Å²) in [5.74, 6) is -1.55. The molecule has 0 aliphatic heterocycles. The molecule has 0 bridgehead atoms. The van der Waals surface area contributed by atoms with Crippen molar-refractivity contribution in [2.24, 2.45) is 0 Å². The summed E-state index contributed by atoms with van der Waals surface area (Å²) in [4.78, 5) is 19.6. The maximum absolute atomic E-state index is 10.6. The lowest BCUT2D eigenvalue weighted by Gasteiger charge is -2.30. The van der Waals surface area contributed by atoms with Crippen LogP contribution in [0, 0.1) is 0 Å². The summed E-state index contributed by atoms with van der Waals surface area (Å²) in [7, 11) is 5.67. The molecule has 84 valence electrons. The predicted octanol–water partition coefficient (Wildman–Crippen LogP) is 0.647. The van der Waals surface area contributed by atoms with E-state index < -0.39 is 11.9 Å². The zero-order valence-corrected chi connectivity index (χ0v) is 9.44. The van der Waals surface area contributed by atoms with Crippen molar-refractivity contribution in [3.63, 3.8) is 0 Å². The Morgan fingerprint density at radius 1 is 1.21 bits per heavy atom. The number of hydrogen-bond donors (Lipinski definition) is 2. The summed E-state index contributed by atoms with van der Waals surface area (Å²) in [5, 5.41) is 16.1. The van der Waals surface area contributed by atoms with Crippen molar-refractivity contribution in [3.05, 3.63) is 0 Å². The SMILES string of the molecule is CC(=O)O.CCC(C(=O)O)[N+](C)(C)C.